The molecule has 1 aliphatic heterocycles. The lowest BCUT2D eigenvalue weighted by molar-refractivity contribution is -0.213. The molecule has 5 heteroatoms. The quantitative estimate of drug-likeness (QED) is 0.636. The zero-order valence-electron chi connectivity index (χ0n) is 7.91. The number of esters is 1. The van der Waals surface area contributed by atoms with Crippen molar-refractivity contribution in [1.82, 2.24) is 5.48 Å². The molecule has 0 aliphatic carbocycles. The Morgan fingerprint density at radius 1 is 1.69 bits per heavy atom. The molecule has 0 amide bonds. The number of hydrogen-bond acceptors (Lipinski definition) is 5. The summed E-state index contributed by atoms with van der Waals surface area (Å²) in [4.78, 5) is 16.2. The molecule has 13 heavy (non-hydrogen) atoms. The van der Waals surface area contributed by atoms with Crippen molar-refractivity contribution in [3.05, 3.63) is 0 Å². The number of hydroxylamine groups is 1. The van der Waals surface area contributed by atoms with Crippen LogP contribution in [0.15, 0.2) is 0 Å². The Hall–Kier alpha value is -0.650. The van der Waals surface area contributed by atoms with Crippen LogP contribution >= 0.6 is 0 Å². The van der Waals surface area contributed by atoms with E-state index in [4.69, 9.17) is 9.57 Å². The highest BCUT2D eigenvalue weighted by Gasteiger charge is 2.28. The average molecular weight is 189 g/mol. The molecule has 0 aromatic rings. The van der Waals surface area contributed by atoms with Crippen molar-refractivity contribution in [2.45, 2.75) is 19.6 Å². The van der Waals surface area contributed by atoms with E-state index in [-0.39, 0.29) is 18.2 Å². The van der Waals surface area contributed by atoms with E-state index in [1.807, 2.05) is 6.92 Å². The standard InChI is InChI=1S/C8H15NO4/c1-3-12-7-4-6(5-9-13-7)8(10)11-2/h6-7,9H,3-5H2,1-2H3. The van der Waals surface area contributed by atoms with E-state index >= 15 is 0 Å². The third kappa shape index (κ3) is 2.95. The van der Waals surface area contributed by atoms with Crippen molar-refractivity contribution >= 4 is 5.97 Å². The molecule has 0 bridgehead atoms. The molecule has 0 aromatic carbocycles. The molecule has 1 saturated heterocycles. The predicted octanol–water partition coefficient (Wildman–Crippen LogP) is 0.0631. The molecule has 0 spiro atoms. The fourth-order valence-electron chi connectivity index (χ4n) is 1.24. The molecule has 1 fully saturated rings. The minimum absolute atomic E-state index is 0.171. The third-order valence-corrected chi connectivity index (χ3v) is 1.91. The number of hydrogen-bond donors (Lipinski definition) is 1. The molecule has 0 saturated carbocycles. The summed E-state index contributed by atoms with van der Waals surface area (Å²) < 4.78 is 9.84. The summed E-state index contributed by atoms with van der Waals surface area (Å²) in [5, 5.41) is 0. The van der Waals surface area contributed by atoms with Crippen LogP contribution in [-0.2, 0) is 19.1 Å². The van der Waals surface area contributed by atoms with Crippen LogP contribution in [0, 0.1) is 5.92 Å². The Morgan fingerprint density at radius 2 is 2.46 bits per heavy atom. The van der Waals surface area contributed by atoms with Crippen molar-refractivity contribution in [2.24, 2.45) is 5.92 Å². The maximum Gasteiger partial charge on any atom is 0.310 e. The van der Waals surface area contributed by atoms with E-state index in [1.165, 1.54) is 7.11 Å². The highest BCUT2D eigenvalue weighted by Crippen LogP contribution is 2.15. The SMILES string of the molecule is CCOC1CC(C(=O)OC)CNO1. The molecule has 5 nitrogen and oxygen atoms in total. The summed E-state index contributed by atoms with van der Waals surface area (Å²) in [7, 11) is 1.38. The van der Waals surface area contributed by atoms with Gasteiger partial charge in [-0.25, -0.2) is 0 Å². The molecular weight excluding hydrogens is 174 g/mol. The Morgan fingerprint density at radius 3 is 3.08 bits per heavy atom. The van der Waals surface area contributed by atoms with Crippen molar-refractivity contribution in [1.29, 1.82) is 0 Å². The van der Waals surface area contributed by atoms with E-state index in [2.05, 4.69) is 10.2 Å². The van der Waals surface area contributed by atoms with Crippen molar-refractivity contribution in [3.8, 4) is 0 Å². The van der Waals surface area contributed by atoms with Gasteiger partial charge in [-0.2, -0.15) is 5.48 Å². The summed E-state index contributed by atoms with van der Waals surface area (Å²) in [6.07, 6.45) is 0.205. The molecule has 1 heterocycles. The number of carbonyl (C=O) groups is 1. The molecule has 2 atom stereocenters. The van der Waals surface area contributed by atoms with Crippen molar-refractivity contribution < 1.29 is 19.1 Å². The maximum absolute atomic E-state index is 11.1. The van der Waals surface area contributed by atoms with Crippen LogP contribution in [0.5, 0.6) is 0 Å². The van der Waals surface area contributed by atoms with E-state index in [0.717, 1.165) is 0 Å². The van der Waals surface area contributed by atoms with Gasteiger partial charge in [-0.05, 0) is 6.92 Å². The second-order valence-corrected chi connectivity index (χ2v) is 2.81. The van der Waals surface area contributed by atoms with Gasteiger partial charge in [0.2, 0.25) is 0 Å². The lowest BCUT2D eigenvalue weighted by atomic mass is 10.1. The minimum atomic E-state index is -0.345. The van der Waals surface area contributed by atoms with Crippen LogP contribution in [0.4, 0.5) is 0 Å². The maximum atomic E-state index is 11.1. The summed E-state index contributed by atoms with van der Waals surface area (Å²) in [5.41, 5.74) is 2.66. The molecule has 1 aliphatic rings. The van der Waals surface area contributed by atoms with E-state index < -0.39 is 0 Å². The lowest BCUT2D eigenvalue weighted by Crippen LogP contribution is -2.42. The summed E-state index contributed by atoms with van der Waals surface area (Å²) >= 11 is 0. The monoisotopic (exact) mass is 189 g/mol. The lowest BCUT2D eigenvalue weighted by Gasteiger charge is -2.27. The number of ether oxygens (including phenoxy) is 2. The molecule has 76 valence electrons. The molecule has 0 aromatic heterocycles. The van der Waals surface area contributed by atoms with Gasteiger partial charge in [-0.1, -0.05) is 0 Å². The highest BCUT2D eigenvalue weighted by molar-refractivity contribution is 5.72. The predicted molar refractivity (Wildman–Crippen MR) is 44.6 cm³/mol. The third-order valence-electron chi connectivity index (χ3n) is 1.91. The van der Waals surface area contributed by atoms with Gasteiger partial charge in [-0.15, -0.1) is 0 Å². The van der Waals surface area contributed by atoms with Crippen molar-refractivity contribution in [3.63, 3.8) is 0 Å². The van der Waals surface area contributed by atoms with Gasteiger partial charge in [0.1, 0.15) is 0 Å². The van der Waals surface area contributed by atoms with Gasteiger partial charge >= 0.3 is 5.97 Å². The Balaban J connectivity index is 2.37. The van der Waals surface area contributed by atoms with Gasteiger partial charge in [0.15, 0.2) is 6.29 Å². The number of methoxy groups -OCH3 is 1. The number of nitrogens with one attached hydrogen (secondary N) is 1. The van der Waals surface area contributed by atoms with Crippen LogP contribution in [0.3, 0.4) is 0 Å². The average Bonchev–Trinajstić information content (AvgIpc) is 2.18. The number of carbonyl (C=O) groups excluding carboxylic acids is 1. The van der Waals surface area contributed by atoms with E-state index in [1.54, 1.807) is 0 Å². The molecular formula is C8H15NO4. The fourth-order valence-corrected chi connectivity index (χ4v) is 1.24. The zero-order chi connectivity index (χ0) is 9.68. The van der Waals surface area contributed by atoms with Gasteiger partial charge in [0.25, 0.3) is 0 Å². The smallest absolute Gasteiger partial charge is 0.310 e. The first-order valence-corrected chi connectivity index (χ1v) is 4.35. The van der Waals surface area contributed by atoms with Crippen molar-refractivity contribution in [2.75, 3.05) is 20.3 Å². The Labute approximate surface area is 77.3 Å². The second-order valence-electron chi connectivity index (χ2n) is 2.81. The van der Waals surface area contributed by atoms with E-state index in [0.29, 0.717) is 19.6 Å². The first-order chi connectivity index (χ1) is 6.27. The highest BCUT2D eigenvalue weighted by atomic mass is 16.8. The van der Waals surface area contributed by atoms with Gasteiger partial charge in [0.05, 0.1) is 13.0 Å². The zero-order valence-corrected chi connectivity index (χ0v) is 7.91. The van der Waals surface area contributed by atoms with Crippen LogP contribution < -0.4 is 5.48 Å². The van der Waals surface area contributed by atoms with Crippen LogP contribution in [-0.4, -0.2) is 32.5 Å². The van der Waals surface area contributed by atoms with E-state index in [9.17, 15) is 4.79 Å². The van der Waals surface area contributed by atoms with Crippen LogP contribution in [0.25, 0.3) is 0 Å². The second kappa shape index (κ2) is 5.16. The fraction of sp³-hybridized carbons (Fsp3) is 0.875. The summed E-state index contributed by atoms with van der Waals surface area (Å²) in [6, 6.07) is 0. The topological polar surface area (TPSA) is 56.8 Å². The van der Waals surface area contributed by atoms with Gasteiger partial charge in [-0.3, -0.25) is 9.63 Å². The first kappa shape index (κ1) is 10.4. The molecule has 2 unspecified atom stereocenters. The molecule has 1 rings (SSSR count). The Bertz CT molecular complexity index is 172. The Kier molecular flexibility index (Phi) is 4.14. The van der Waals surface area contributed by atoms with Crippen LogP contribution in [0.1, 0.15) is 13.3 Å². The van der Waals surface area contributed by atoms with Crippen LogP contribution in [0.2, 0.25) is 0 Å². The molecule has 0 radical (unpaired) electrons. The van der Waals surface area contributed by atoms with Gasteiger partial charge in [0, 0.05) is 19.6 Å². The largest absolute Gasteiger partial charge is 0.469 e. The minimum Gasteiger partial charge on any atom is -0.469 e. The normalized spacial score (nSPS) is 28.5. The summed E-state index contributed by atoms with van der Waals surface area (Å²) in [5.74, 6) is -0.393. The number of rotatable bonds is 3. The van der Waals surface area contributed by atoms with Gasteiger partial charge < -0.3 is 9.47 Å². The molecule has 1 N–H and O–H groups in total. The first-order valence-electron chi connectivity index (χ1n) is 4.35. The summed E-state index contributed by atoms with van der Waals surface area (Å²) in [6.45, 7) is 2.93.